The Balaban J connectivity index is 2.37. The first-order valence-corrected chi connectivity index (χ1v) is 3.83. The van der Waals surface area contributed by atoms with E-state index in [1.807, 2.05) is 0 Å². The highest BCUT2D eigenvalue weighted by Crippen LogP contribution is 2.40. The maximum absolute atomic E-state index is 2.30. The molecule has 0 nitrogen and oxygen atoms in total. The molecule has 0 aromatic carbocycles. The van der Waals surface area contributed by atoms with Gasteiger partial charge in [0.15, 0.2) is 0 Å². The summed E-state index contributed by atoms with van der Waals surface area (Å²) in [7, 11) is 0. The Labute approximate surface area is 61.9 Å². The summed E-state index contributed by atoms with van der Waals surface area (Å²) in [5, 5.41) is 0. The Morgan fingerprint density at radius 1 is 1.20 bits per heavy atom. The molecule has 0 heterocycles. The molecule has 0 heteroatoms. The van der Waals surface area contributed by atoms with E-state index in [9.17, 15) is 0 Å². The highest BCUT2D eigenvalue weighted by atomic mass is 14.3. The van der Waals surface area contributed by atoms with Gasteiger partial charge in [-0.2, -0.15) is 0 Å². The van der Waals surface area contributed by atoms with Crippen LogP contribution in [0.4, 0.5) is 0 Å². The molecule has 52 valence electrons. The number of allylic oxidation sites excluding steroid dienone is 6. The standard InChI is InChI=1S/C10H12/c1-7(2)9-5-3-8-4-6-10(8)9/h3-6,8,10H,1-2H3. The van der Waals surface area contributed by atoms with Crippen LogP contribution in [-0.4, -0.2) is 0 Å². The van der Waals surface area contributed by atoms with Gasteiger partial charge in [0.05, 0.1) is 0 Å². The minimum atomic E-state index is 0.741. The van der Waals surface area contributed by atoms with Crippen molar-refractivity contribution >= 4 is 0 Å². The van der Waals surface area contributed by atoms with Crippen LogP contribution in [0, 0.1) is 11.8 Å². The van der Waals surface area contributed by atoms with Gasteiger partial charge in [0.1, 0.15) is 0 Å². The first-order chi connectivity index (χ1) is 4.79. The lowest BCUT2D eigenvalue weighted by molar-refractivity contribution is 0.612. The first kappa shape index (κ1) is 5.96. The molecule has 0 spiro atoms. The van der Waals surface area contributed by atoms with Crippen molar-refractivity contribution in [1.82, 2.24) is 0 Å². The summed E-state index contributed by atoms with van der Waals surface area (Å²) in [5.41, 5.74) is 3.00. The van der Waals surface area contributed by atoms with E-state index in [-0.39, 0.29) is 0 Å². The van der Waals surface area contributed by atoms with Crippen molar-refractivity contribution < 1.29 is 0 Å². The molecular weight excluding hydrogens is 120 g/mol. The Morgan fingerprint density at radius 2 is 2.00 bits per heavy atom. The van der Waals surface area contributed by atoms with E-state index >= 15 is 0 Å². The van der Waals surface area contributed by atoms with E-state index in [0.29, 0.717) is 0 Å². The summed E-state index contributed by atoms with van der Waals surface area (Å²) >= 11 is 0. The molecule has 0 aromatic rings. The zero-order valence-corrected chi connectivity index (χ0v) is 6.46. The summed E-state index contributed by atoms with van der Waals surface area (Å²) < 4.78 is 0. The average molecular weight is 132 g/mol. The highest BCUT2D eigenvalue weighted by Gasteiger charge is 2.28. The summed E-state index contributed by atoms with van der Waals surface area (Å²) in [5.74, 6) is 1.48. The van der Waals surface area contributed by atoms with Crippen LogP contribution in [0.2, 0.25) is 0 Å². The third kappa shape index (κ3) is 0.620. The Bertz CT molecular complexity index is 237. The van der Waals surface area contributed by atoms with Crippen molar-refractivity contribution in [2.24, 2.45) is 11.8 Å². The third-order valence-corrected chi connectivity index (χ3v) is 2.39. The molecule has 10 heavy (non-hydrogen) atoms. The van der Waals surface area contributed by atoms with Gasteiger partial charge in [-0.1, -0.05) is 29.9 Å². The second-order valence-electron chi connectivity index (χ2n) is 3.30. The molecule has 0 amide bonds. The van der Waals surface area contributed by atoms with Crippen LogP contribution in [0.15, 0.2) is 35.5 Å². The zero-order valence-electron chi connectivity index (χ0n) is 6.46. The fourth-order valence-corrected chi connectivity index (χ4v) is 1.67. The van der Waals surface area contributed by atoms with Crippen LogP contribution >= 0.6 is 0 Å². The smallest absolute Gasteiger partial charge is 0.0115 e. The molecule has 0 aliphatic heterocycles. The van der Waals surface area contributed by atoms with E-state index in [1.54, 1.807) is 0 Å². The molecule has 2 atom stereocenters. The quantitative estimate of drug-likeness (QED) is 0.444. The van der Waals surface area contributed by atoms with E-state index in [4.69, 9.17) is 0 Å². The first-order valence-electron chi connectivity index (χ1n) is 3.83. The molecule has 0 radical (unpaired) electrons. The number of hydrogen-bond acceptors (Lipinski definition) is 0. The largest absolute Gasteiger partial charge is 0.0800 e. The topological polar surface area (TPSA) is 0 Å². The SMILES string of the molecule is CC(C)=C1C=CC2C=CC12. The molecule has 2 rings (SSSR count). The van der Waals surface area contributed by atoms with Gasteiger partial charge in [0.2, 0.25) is 0 Å². The Morgan fingerprint density at radius 3 is 2.30 bits per heavy atom. The molecule has 0 bridgehead atoms. The van der Waals surface area contributed by atoms with E-state index in [0.717, 1.165) is 11.8 Å². The lowest BCUT2D eigenvalue weighted by Crippen LogP contribution is -2.13. The fraction of sp³-hybridized carbons (Fsp3) is 0.400. The second kappa shape index (κ2) is 1.85. The van der Waals surface area contributed by atoms with Gasteiger partial charge < -0.3 is 0 Å². The van der Waals surface area contributed by atoms with Crippen molar-refractivity contribution in [2.45, 2.75) is 13.8 Å². The Kier molecular flexibility index (Phi) is 1.10. The predicted molar refractivity (Wildman–Crippen MR) is 43.6 cm³/mol. The van der Waals surface area contributed by atoms with E-state index in [2.05, 4.69) is 38.2 Å². The van der Waals surface area contributed by atoms with Crippen LogP contribution in [-0.2, 0) is 0 Å². The molecular formula is C10H12. The van der Waals surface area contributed by atoms with Crippen molar-refractivity contribution in [3.63, 3.8) is 0 Å². The summed E-state index contributed by atoms with van der Waals surface area (Å²) in [6.45, 7) is 4.38. The molecule has 2 unspecified atom stereocenters. The minimum Gasteiger partial charge on any atom is -0.0800 e. The second-order valence-corrected chi connectivity index (χ2v) is 3.30. The molecule has 0 saturated carbocycles. The molecule has 0 saturated heterocycles. The molecule has 0 aromatic heterocycles. The van der Waals surface area contributed by atoms with Crippen LogP contribution in [0.5, 0.6) is 0 Å². The lowest BCUT2D eigenvalue weighted by atomic mass is 9.81. The van der Waals surface area contributed by atoms with Gasteiger partial charge >= 0.3 is 0 Å². The fourth-order valence-electron chi connectivity index (χ4n) is 1.67. The molecule has 2 aliphatic carbocycles. The molecule has 0 N–H and O–H groups in total. The monoisotopic (exact) mass is 132 g/mol. The van der Waals surface area contributed by atoms with E-state index < -0.39 is 0 Å². The lowest BCUT2D eigenvalue weighted by Gasteiger charge is -2.23. The van der Waals surface area contributed by atoms with Crippen molar-refractivity contribution in [3.8, 4) is 0 Å². The van der Waals surface area contributed by atoms with Gasteiger partial charge in [-0.05, 0) is 19.4 Å². The van der Waals surface area contributed by atoms with E-state index in [1.165, 1.54) is 11.1 Å². The van der Waals surface area contributed by atoms with Crippen molar-refractivity contribution in [2.75, 3.05) is 0 Å². The maximum Gasteiger partial charge on any atom is 0.0115 e. The summed E-state index contributed by atoms with van der Waals surface area (Å²) in [6.07, 6.45) is 9.14. The summed E-state index contributed by atoms with van der Waals surface area (Å²) in [6, 6.07) is 0. The van der Waals surface area contributed by atoms with Gasteiger partial charge in [-0.15, -0.1) is 0 Å². The van der Waals surface area contributed by atoms with Gasteiger partial charge in [0, 0.05) is 11.8 Å². The summed E-state index contributed by atoms with van der Waals surface area (Å²) in [4.78, 5) is 0. The normalized spacial score (nSPS) is 34.0. The molecule has 0 fully saturated rings. The average Bonchev–Trinajstić information content (AvgIpc) is 2.07. The Hall–Kier alpha value is -0.780. The van der Waals surface area contributed by atoms with Crippen LogP contribution in [0.1, 0.15) is 13.8 Å². The zero-order chi connectivity index (χ0) is 7.14. The number of rotatable bonds is 0. The third-order valence-electron chi connectivity index (χ3n) is 2.39. The van der Waals surface area contributed by atoms with Crippen LogP contribution < -0.4 is 0 Å². The van der Waals surface area contributed by atoms with Crippen molar-refractivity contribution in [3.05, 3.63) is 35.5 Å². The highest BCUT2D eigenvalue weighted by molar-refractivity contribution is 5.43. The molecule has 2 aliphatic rings. The van der Waals surface area contributed by atoms with Crippen LogP contribution in [0.3, 0.4) is 0 Å². The number of fused-ring (bicyclic) bond motifs is 1. The minimum absolute atomic E-state index is 0.741. The maximum atomic E-state index is 2.30. The van der Waals surface area contributed by atoms with Crippen molar-refractivity contribution in [1.29, 1.82) is 0 Å². The van der Waals surface area contributed by atoms with Gasteiger partial charge in [-0.25, -0.2) is 0 Å². The predicted octanol–water partition coefficient (Wildman–Crippen LogP) is 2.69. The number of hydrogen-bond donors (Lipinski definition) is 0. The van der Waals surface area contributed by atoms with Crippen LogP contribution in [0.25, 0.3) is 0 Å². The van der Waals surface area contributed by atoms with Gasteiger partial charge in [-0.3, -0.25) is 0 Å². The van der Waals surface area contributed by atoms with Gasteiger partial charge in [0.25, 0.3) is 0 Å².